The van der Waals surface area contributed by atoms with Crippen LogP contribution in [0.25, 0.3) is 11.0 Å². The molecule has 1 atom stereocenters. The average Bonchev–Trinajstić information content (AvgIpc) is 3.48. The van der Waals surface area contributed by atoms with E-state index in [9.17, 15) is 4.79 Å². The number of nitrogens with zero attached hydrogens (tertiary/aromatic N) is 4. The third-order valence-corrected chi connectivity index (χ3v) is 5.73. The Labute approximate surface area is 155 Å². The van der Waals surface area contributed by atoms with Crippen LogP contribution >= 0.6 is 0 Å². The first-order chi connectivity index (χ1) is 12.6. The van der Waals surface area contributed by atoms with Crippen LogP contribution in [-0.4, -0.2) is 57.9 Å². The SMILES string of the molecule is CC(C)[C@@H]1CN(C(=O)c2cccc3nccnc23)CCCN1CC1CC1. The normalized spacial score (nSPS) is 22.0. The fraction of sp³-hybridized carbons (Fsp3) is 0.571. The number of hydrogen-bond donors (Lipinski definition) is 0. The first-order valence-corrected chi connectivity index (χ1v) is 9.86. The van der Waals surface area contributed by atoms with Crippen molar-refractivity contribution in [3.8, 4) is 0 Å². The predicted octanol–water partition coefficient (Wildman–Crippen LogP) is 3.21. The molecule has 1 amide bonds. The molecule has 1 aliphatic carbocycles. The van der Waals surface area contributed by atoms with E-state index < -0.39 is 0 Å². The van der Waals surface area contributed by atoms with Crippen molar-refractivity contribution in [2.45, 2.75) is 39.2 Å². The second-order valence-corrected chi connectivity index (χ2v) is 8.08. The molecule has 1 saturated heterocycles. The van der Waals surface area contributed by atoms with Crippen molar-refractivity contribution in [2.75, 3.05) is 26.2 Å². The van der Waals surface area contributed by atoms with Crippen LogP contribution in [0.4, 0.5) is 0 Å². The monoisotopic (exact) mass is 352 g/mol. The van der Waals surface area contributed by atoms with E-state index in [2.05, 4.69) is 28.7 Å². The molecule has 26 heavy (non-hydrogen) atoms. The van der Waals surface area contributed by atoms with E-state index in [-0.39, 0.29) is 5.91 Å². The van der Waals surface area contributed by atoms with Crippen LogP contribution in [0.1, 0.15) is 43.5 Å². The number of rotatable bonds is 4. The molecule has 0 radical (unpaired) electrons. The van der Waals surface area contributed by atoms with Gasteiger partial charge in [0.05, 0.1) is 11.1 Å². The zero-order chi connectivity index (χ0) is 18.1. The molecule has 1 aromatic carbocycles. The summed E-state index contributed by atoms with van der Waals surface area (Å²) in [5, 5.41) is 0. The van der Waals surface area contributed by atoms with Gasteiger partial charge in [-0.1, -0.05) is 19.9 Å². The Morgan fingerprint density at radius 2 is 2.00 bits per heavy atom. The molecule has 0 spiro atoms. The van der Waals surface area contributed by atoms with Gasteiger partial charge in [-0.25, -0.2) is 0 Å². The van der Waals surface area contributed by atoms with Crippen molar-refractivity contribution in [1.82, 2.24) is 19.8 Å². The lowest BCUT2D eigenvalue weighted by Gasteiger charge is -2.34. The summed E-state index contributed by atoms with van der Waals surface area (Å²) < 4.78 is 0. The van der Waals surface area contributed by atoms with Crippen molar-refractivity contribution < 1.29 is 4.79 Å². The molecular weight excluding hydrogens is 324 g/mol. The Hall–Kier alpha value is -2.01. The molecule has 2 fully saturated rings. The van der Waals surface area contributed by atoms with Gasteiger partial charge < -0.3 is 4.90 Å². The highest BCUT2D eigenvalue weighted by molar-refractivity contribution is 6.04. The maximum Gasteiger partial charge on any atom is 0.256 e. The largest absolute Gasteiger partial charge is 0.337 e. The van der Waals surface area contributed by atoms with Gasteiger partial charge in [0.2, 0.25) is 0 Å². The maximum atomic E-state index is 13.3. The smallest absolute Gasteiger partial charge is 0.256 e. The van der Waals surface area contributed by atoms with E-state index in [0.717, 1.165) is 37.5 Å². The number of hydrogen-bond acceptors (Lipinski definition) is 4. The van der Waals surface area contributed by atoms with Crippen LogP contribution in [0, 0.1) is 11.8 Å². The standard InChI is InChI=1S/C21H28N4O/c1-15(2)19-14-25(12-4-11-24(19)13-16-7-8-16)21(26)17-5-3-6-18-20(17)23-10-9-22-18/h3,5-6,9-10,15-16,19H,4,7-8,11-14H2,1-2H3/t19-/m0/s1. The van der Waals surface area contributed by atoms with E-state index in [0.29, 0.717) is 23.0 Å². The Morgan fingerprint density at radius 3 is 2.77 bits per heavy atom. The van der Waals surface area contributed by atoms with Gasteiger partial charge in [0.1, 0.15) is 5.52 Å². The topological polar surface area (TPSA) is 49.3 Å². The number of benzene rings is 1. The number of amides is 1. The molecule has 0 unspecified atom stereocenters. The van der Waals surface area contributed by atoms with Gasteiger partial charge in [-0.3, -0.25) is 19.7 Å². The van der Waals surface area contributed by atoms with Crippen molar-refractivity contribution in [1.29, 1.82) is 0 Å². The molecule has 0 bridgehead atoms. The maximum absolute atomic E-state index is 13.3. The van der Waals surface area contributed by atoms with Crippen molar-refractivity contribution >= 4 is 16.9 Å². The molecule has 5 heteroatoms. The zero-order valence-corrected chi connectivity index (χ0v) is 15.8. The van der Waals surface area contributed by atoms with E-state index in [1.165, 1.54) is 19.4 Å². The summed E-state index contributed by atoms with van der Waals surface area (Å²) in [5.41, 5.74) is 2.16. The summed E-state index contributed by atoms with van der Waals surface area (Å²) in [7, 11) is 0. The molecule has 0 N–H and O–H groups in total. The number of fused-ring (bicyclic) bond motifs is 1. The molecular formula is C21H28N4O. The number of para-hydroxylation sites is 1. The lowest BCUT2D eigenvalue weighted by molar-refractivity contribution is 0.0706. The van der Waals surface area contributed by atoms with E-state index >= 15 is 0 Å². The van der Waals surface area contributed by atoms with Crippen LogP contribution in [-0.2, 0) is 0 Å². The predicted molar refractivity (Wildman–Crippen MR) is 103 cm³/mol. The first kappa shape index (κ1) is 17.4. The minimum absolute atomic E-state index is 0.0926. The van der Waals surface area contributed by atoms with Gasteiger partial charge in [0, 0.05) is 44.6 Å². The zero-order valence-electron chi connectivity index (χ0n) is 15.8. The van der Waals surface area contributed by atoms with Crippen LogP contribution in [0.5, 0.6) is 0 Å². The lowest BCUT2D eigenvalue weighted by atomic mass is 10.0. The highest BCUT2D eigenvalue weighted by Crippen LogP contribution is 2.32. The summed E-state index contributed by atoms with van der Waals surface area (Å²) in [4.78, 5) is 26.8. The quantitative estimate of drug-likeness (QED) is 0.848. The fourth-order valence-corrected chi connectivity index (χ4v) is 4.07. The average molecular weight is 352 g/mol. The second-order valence-electron chi connectivity index (χ2n) is 8.08. The van der Waals surface area contributed by atoms with E-state index in [1.807, 2.05) is 23.1 Å². The van der Waals surface area contributed by atoms with Gasteiger partial charge in [-0.15, -0.1) is 0 Å². The molecule has 138 valence electrons. The van der Waals surface area contributed by atoms with Crippen LogP contribution in [0.2, 0.25) is 0 Å². The van der Waals surface area contributed by atoms with Crippen molar-refractivity contribution in [2.24, 2.45) is 11.8 Å². The summed E-state index contributed by atoms with van der Waals surface area (Å²) in [6.45, 7) is 8.48. The summed E-state index contributed by atoms with van der Waals surface area (Å²) in [5.74, 6) is 1.51. The Balaban J connectivity index is 1.58. The van der Waals surface area contributed by atoms with Gasteiger partial charge in [-0.2, -0.15) is 0 Å². The third-order valence-electron chi connectivity index (χ3n) is 5.73. The molecule has 5 nitrogen and oxygen atoms in total. The highest BCUT2D eigenvalue weighted by atomic mass is 16.2. The van der Waals surface area contributed by atoms with Crippen molar-refractivity contribution in [3.63, 3.8) is 0 Å². The van der Waals surface area contributed by atoms with Gasteiger partial charge in [0.15, 0.2) is 0 Å². The third kappa shape index (κ3) is 3.58. The number of carbonyl (C=O) groups is 1. The fourth-order valence-electron chi connectivity index (χ4n) is 4.07. The Kier molecular flexibility index (Phi) is 4.90. The molecule has 1 saturated carbocycles. The second kappa shape index (κ2) is 7.31. The van der Waals surface area contributed by atoms with Gasteiger partial charge in [0.25, 0.3) is 5.91 Å². The minimum Gasteiger partial charge on any atom is -0.337 e. The van der Waals surface area contributed by atoms with Gasteiger partial charge in [-0.05, 0) is 43.2 Å². The summed E-state index contributed by atoms with van der Waals surface area (Å²) in [6.07, 6.45) is 7.12. The van der Waals surface area contributed by atoms with E-state index in [4.69, 9.17) is 0 Å². The Bertz CT molecular complexity index is 781. The first-order valence-electron chi connectivity index (χ1n) is 9.86. The molecule has 4 rings (SSSR count). The van der Waals surface area contributed by atoms with Crippen LogP contribution in [0.3, 0.4) is 0 Å². The van der Waals surface area contributed by atoms with Crippen LogP contribution < -0.4 is 0 Å². The highest BCUT2D eigenvalue weighted by Gasteiger charge is 2.33. The van der Waals surface area contributed by atoms with E-state index in [1.54, 1.807) is 12.4 Å². The lowest BCUT2D eigenvalue weighted by Crippen LogP contribution is -2.46. The van der Waals surface area contributed by atoms with Gasteiger partial charge >= 0.3 is 0 Å². The number of aromatic nitrogens is 2. The summed E-state index contributed by atoms with van der Waals surface area (Å²) >= 11 is 0. The Morgan fingerprint density at radius 1 is 1.19 bits per heavy atom. The number of carbonyl (C=O) groups excluding carboxylic acids is 1. The molecule has 2 aliphatic rings. The van der Waals surface area contributed by atoms with Crippen LogP contribution in [0.15, 0.2) is 30.6 Å². The summed E-state index contributed by atoms with van der Waals surface area (Å²) in [6, 6.07) is 6.14. The molecule has 1 aromatic heterocycles. The molecule has 2 heterocycles. The molecule has 2 aromatic rings. The van der Waals surface area contributed by atoms with Crippen molar-refractivity contribution in [3.05, 3.63) is 36.2 Å². The minimum atomic E-state index is 0.0926. The molecule has 1 aliphatic heterocycles.